The van der Waals surface area contributed by atoms with Crippen LogP contribution >= 0.6 is 0 Å². The normalized spacial score (nSPS) is 25.9. The maximum Gasteiger partial charge on any atom is 0.324 e. The van der Waals surface area contributed by atoms with Gasteiger partial charge in [0.1, 0.15) is 5.54 Å². The Morgan fingerprint density at radius 1 is 1.69 bits per heavy atom. The van der Waals surface area contributed by atoms with Crippen LogP contribution in [0, 0.1) is 5.92 Å². The molecule has 1 rings (SSSR count). The average Bonchev–Trinajstić information content (AvgIpc) is 2.49. The first-order valence-corrected chi connectivity index (χ1v) is 5.70. The third kappa shape index (κ3) is 3.73. The lowest BCUT2D eigenvalue weighted by atomic mass is 10.0. The molecule has 0 aromatic rings. The van der Waals surface area contributed by atoms with E-state index in [4.69, 9.17) is 10.8 Å². The van der Waals surface area contributed by atoms with Gasteiger partial charge in [0.05, 0.1) is 0 Å². The molecule has 0 radical (unpaired) electrons. The van der Waals surface area contributed by atoms with Crippen LogP contribution in [0.1, 0.15) is 13.3 Å². The van der Waals surface area contributed by atoms with Crippen LogP contribution in [0.2, 0.25) is 0 Å². The van der Waals surface area contributed by atoms with E-state index in [2.05, 4.69) is 11.9 Å². The maximum absolute atomic E-state index is 10.9. The summed E-state index contributed by atoms with van der Waals surface area (Å²) in [7, 11) is 4.05. The van der Waals surface area contributed by atoms with Crippen molar-refractivity contribution in [2.75, 3.05) is 40.3 Å². The Balaban J connectivity index is 2.36. The Bertz CT molecular complexity index is 256. The fourth-order valence-corrected chi connectivity index (χ4v) is 2.31. The standard InChI is InChI=1S/C11H23N3O2/c1-11(12,10(15)16)8-14(3)7-9-4-5-13(2)6-9/h9H,4-8,12H2,1-3H3,(H,15,16). The van der Waals surface area contributed by atoms with Gasteiger partial charge in [-0.05, 0) is 39.9 Å². The number of rotatable bonds is 5. The van der Waals surface area contributed by atoms with E-state index in [0.29, 0.717) is 12.5 Å². The first-order chi connectivity index (χ1) is 7.31. The lowest BCUT2D eigenvalue weighted by molar-refractivity contribution is -0.143. The van der Waals surface area contributed by atoms with Gasteiger partial charge in [-0.15, -0.1) is 0 Å². The van der Waals surface area contributed by atoms with Gasteiger partial charge >= 0.3 is 5.97 Å². The number of hydrogen-bond acceptors (Lipinski definition) is 4. The fourth-order valence-electron chi connectivity index (χ4n) is 2.31. The minimum Gasteiger partial charge on any atom is -0.480 e. The van der Waals surface area contributed by atoms with Gasteiger partial charge in [-0.25, -0.2) is 0 Å². The van der Waals surface area contributed by atoms with E-state index < -0.39 is 11.5 Å². The van der Waals surface area contributed by atoms with Crippen molar-refractivity contribution in [1.82, 2.24) is 9.80 Å². The van der Waals surface area contributed by atoms with E-state index in [-0.39, 0.29) is 0 Å². The van der Waals surface area contributed by atoms with Crippen molar-refractivity contribution in [3.05, 3.63) is 0 Å². The largest absolute Gasteiger partial charge is 0.480 e. The molecule has 5 nitrogen and oxygen atoms in total. The smallest absolute Gasteiger partial charge is 0.324 e. The van der Waals surface area contributed by atoms with E-state index in [1.807, 2.05) is 11.9 Å². The summed E-state index contributed by atoms with van der Waals surface area (Å²) in [6, 6.07) is 0. The topological polar surface area (TPSA) is 69.8 Å². The minimum atomic E-state index is -1.15. The van der Waals surface area contributed by atoms with E-state index in [9.17, 15) is 4.79 Å². The summed E-state index contributed by atoms with van der Waals surface area (Å²) >= 11 is 0. The second-order valence-electron chi connectivity index (χ2n) is 5.34. The van der Waals surface area contributed by atoms with Gasteiger partial charge in [-0.2, -0.15) is 0 Å². The number of nitrogens with two attached hydrogens (primary N) is 1. The van der Waals surface area contributed by atoms with E-state index in [1.54, 1.807) is 6.92 Å². The third-order valence-corrected chi connectivity index (χ3v) is 3.15. The zero-order valence-corrected chi connectivity index (χ0v) is 10.4. The van der Waals surface area contributed by atoms with Crippen LogP contribution < -0.4 is 5.73 Å². The molecular weight excluding hydrogens is 206 g/mol. The Hall–Kier alpha value is -0.650. The van der Waals surface area contributed by atoms with Crippen molar-refractivity contribution in [2.24, 2.45) is 11.7 Å². The zero-order chi connectivity index (χ0) is 12.3. The molecule has 2 atom stereocenters. The quantitative estimate of drug-likeness (QED) is 0.675. The van der Waals surface area contributed by atoms with E-state index in [0.717, 1.165) is 19.6 Å². The highest BCUT2D eigenvalue weighted by Crippen LogP contribution is 2.15. The molecule has 94 valence electrons. The molecule has 5 heteroatoms. The molecule has 0 saturated carbocycles. The Morgan fingerprint density at radius 2 is 2.31 bits per heavy atom. The van der Waals surface area contributed by atoms with Crippen LogP contribution in [-0.4, -0.2) is 66.7 Å². The van der Waals surface area contributed by atoms with Gasteiger partial charge in [-0.1, -0.05) is 0 Å². The van der Waals surface area contributed by atoms with Crippen LogP contribution in [0.25, 0.3) is 0 Å². The van der Waals surface area contributed by atoms with Crippen LogP contribution in [0.3, 0.4) is 0 Å². The second-order valence-corrected chi connectivity index (χ2v) is 5.34. The molecule has 0 spiro atoms. The molecule has 16 heavy (non-hydrogen) atoms. The fraction of sp³-hybridized carbons (Fsp3) is 0.909. The summed E-state index contributed by atoms with van der Waals surface area (Å²) in [6.07, 6.45) is 1.19. The molecule has 0 aromatic carbocycles. The van der Waals surface area contributed by atoms with Crippen molar-refractivity contribution < 1.29 is 9.90 Å². The summed E-state index contributed by atoms with van der Waals surface area (Å²) in [5, 5.41) is 8.93. The number of carbonyl (C=O) groups is 1. The minimum absolute atomic E-state index is 0.391. The number of nitrogens with zero attached hydrogens (tertiary/aromatic N) is 2. The Kier molecular flexibility index (Phi) is 4.29. The molecule has 1 fully saturated rings. The Morgan fingerprint density at radius 3 is 2.75 bits per heavy atom. The molecule has 1 saturated heterocycles. The molecule has 3 N–H and O–H groups in total. The van der Waals surface area contributed by atoms with Gasteiger partial charge in [0.15, 0.2) is 0 Å². The number of carboxylic acids is 1. The number of aliphatic carboxylic acids is 1. The number of likely N-dealkylation sites (tertiary alicyclic amines) is 1. The second kappa shape index (κ2) is 5.12. The van der Waals surface area contributed by atoms with E-state index in [1.165, 1.54) is 6.42 Å². The summed E-state index contributed by atoms with van der Waals surface area (Å²) in [5.74, 6) is -0.303. The maximum atomic E-state index is 10.9. The predicted octanol–water partition coefficient (Wildman–Crippen LogP) is -0.328. The molecule has 1 aliphatic rings. The molecule has 2 unspecified atom stereocenters. The molecule has 0 aromatic heterocycles. The molecular formula is C11H23N3O2. The van der Waals surface area contributed by atoms with Crippen molar-refractivity contribution in [3.63, 3.8) is 0 Å². The van der Waals surface area contributed by atoms with Crippen molar-refractivity contribution >= 4 is 5.97 Å². The predicted molar refractivity (Wildman–Crippen MR) is 63.3 cm³/mol. The first kappa shape index (κ1) is 13.4. The van der Waals surface area contributed by atoms with Gasteiger partial charge in [0.25, 0.3) is 0 Å². The van der Waals surface area contributed by atoms with Gasteiger partial charge in [-0.3, -0.25) is 4.79 Å². The van der Waals surface area contributed by atoms with Crippen LogP contribution in [0.15, 0.2) is 0 Å². The molecule has 0 amide bonds. The summed E-state index contributed by atoms with van der Waals surface area (Å²) in [6.45, 7) is 5.11. The molecule has 1 aliphatic heterocycles. The van der Waals surface area contributed by atoms with Crippen molar-refractivity contribution in [2.45, 2.75) is 18.9 Å². The summed E-state index contributed by atoms with van der Waals surface area (Å²) in [5.41, 5.74) is 4.56. The van der Waals surface area contributed by atoms with Crippen molar-refractivity contribution in [1.29, 1.82) is 0 Å². The lowest BCUT2D eigenvalue weighted by Gasteiger charge is -2.28. The van der Waals surface area contributed by atoms with Gasteiger partial charge in [0, 0.05) is 19.6 Å². The molecule has 0 aliphatic carbocycles. The van der Waals surface area contributed by atoms with Crippen LogP contribution in [-0.2, 0) is 4.79 Å². The van der Waals surface area contributed by atoms with Gasteiger partial charge < -0.3 is 20.6 Å². The Labute approximate surface area is 97.2 Å². The third-order valence-electron chi connectivity index (χ3n) is 3.15. The number of likely N-dealkylation sites (N-methyl/N-ethyl adjacent to an activating group) is 1. The highest BCUT2D eigenvalue weighted by atomic mass is 16.4. The van der Waals surface area contributed by atoms with Crippen LogP contribution in [0.4, 0.5) is 0 Å². The first-order valence-electron chi connectivity index (χ1n) is 5.70. The highest BCUT2D eigenvalue weighted by molar-refractivity contribution is 5.78. The van der Waals surface area contributed by atoms with Gasteiger partial charge in [0.2, 0.25) is 0 Å². The monoisotopic (exact) mass is 229 g/mol. The zero-order valence-electron chi connectivity index (χ0n) is 10.4. The summed E-state index contributed by atoms with van der Waals surface area (Å²) in [4.78, 5) is 15.2. The number of hydrogen-bond donors (Lipinski definition) is 2. The van der Waals surface area contributed by atoms with E-state index >= 15 is 0 Å². The SMILES string of the molecule is CN1CCC(CN(C)CC(C)(N)C(=O)O)C1. The summed E-state index contributed by atoms with van der Waals surface area (Å²) < 4.78 is 0. The molecule has 1 heterocycles. The highest BCUT2D eigenvalue weighted by Gasteiger charge is 2.30. The lowest BCUT2D eigenvalue weighted by Crippen LogP contribution is -2.53. The van der Waals surface area contributed by atoms with Crippen molar-refractivity contribution in [3.8, 4) is 0 Å². The molecule has 0 bridgehead atoms. The van der Waals surface area contributed by atoms with Crippen LogP contribution in [0.5, 0.6) is 0 Å². The number of carboxylic acid groups (broad SMARTS) is 1. The average molecular weight is 229 g/mol.